The van der Waals surface area contributed by atoms with E-state index in [4.69, 9.17) is 17.7 Å². The molecule has 0 amide bonds. The van der Waals surface area contributed by atoms with Crippen molar-refractivity contribution in [1.29, 1.82) is 0 Å². The van der Waals surface area contributed by atoms with Crippen molar-refractivity contribution in [2.75, 3.05) is 0 Å². The summed E-state index contributed by atoms with van der Waals surface area (Å²) in [6.07, 6.45) is 4.05. The second-order valence-corrected chi connectivity index (χ2v) is 25.8. The average molecular weight is 637 g/mol. The maximum atomic E-state index is 12.6. The third kappa shape index (κ3) is 5.54. The van der Waals surface area contributed by atoms with E-state index in [2.05, 4.69) is 50.5 Å². The summed E-state index contributed by atoms with van der Waals surface area (Å²) in [6, 6.07) is 20.5. The number of hydrogen-bond acceptors (Lipinski definition) is 8. The zero-order valence-corrected chi connectivity index (χ0v) is 28.2. The minimum atomic E-state index is -3.36. The van der Waals surface area contributed by atoms with Gasteiger partial charge in [0.15, 0.2) is 16.6 Å². The number of carbonyl (C=O) groups excluding carboxylic acids is 4. The van der Waals surface area contributed by atoms with E-state index >= 15 is 0 Å². The largest absolute Gasteiger partial charge is 0.430 e. The van der Waals surface area contributed by atoms with Gasteiger partial charge in [0.2, 0.25) is 0 Å². The maximum absolute atomic E-state index is 12.6. The van der Waals surface area contributed by atoms with Gasteiger partial charge >= 0.3 is 32.4 Å². The van der Waals surface area contributed by atoms with Gasteiger partial charge in [0.25, 0.3) is 0 Å². The molecule has 2 saturated carbocycles. The molecule has 2 aromatic rings. The quantitative estimate of drug-likeness (QED) is 0.238. The summed E-state index contributed by atoms with van der Waals surface area (Å²) in [5.41, 5.74) is 0.296. The zero-order chi connectivity index (χ0) is 30.6. The first-order chi connectivity index (χ1) is 20.4. The summed E-state index contributed by atoms with van der Waals surface area (Å²) in [5.74, 6) is -3.05. The lowest BCUT2D eigenvalue weighted by Gasteiger charge is -2.48. The van der Waals surface area contributed by atoms with Gasteiger partial charge in [-0.15, -0.1) is 0 Å². The van der Waals surface area contributed by atoms with Crippen molar-refractivity contribution in [2.24, 2.45) is 23.7 Å². The molecule has 6 atom stereocenters. The molecule has 4 fully saturated rings. The highest BCUT2D eigenvalue weighted by molar-refractivity contribution is 7.02. The van der Waals surface area contributed by atoms with Gasteiger partial charge < -0.3 is 17.7 Å². The van der Waals surface area contributed by atoms with E-state index in [0.717, 1.165) is 23.2 Å². The van der Waals surface area contributed by atoms with E-state index in [1.807, 2.05) is 36.4 Å². The lowest BCUT2D eigenvalue weighted by molar-refractivity contribution is -0.155. The van der Waals surface area contributed by atoms with E-state index in [-0.39, 0.29) is 34.9 Å². The Balaban J connectivity index is 1.37. The van der Waals surface area contributed by atoms with Crippen LogP contribution in [0.5, 0.6) is 0 Å². The fourth-order valence-corrected chi connectivity index (χ4v) is 22.5. The molecular weight excluding hydrogens is 597 g/mol. The van der Waals surface area contributed by atoms with Crippen LogP contribution in [0.25, 0.3) is 0 Å². The maximum Gasteiger partial charge on any atom is 0.386 e. The third-order valence-electron chi connectivity index (χ3n) is 10.4. The molecule has 6 rings (SSSR count). The van der Waals surface area contributed by atoms with Crippen molar-refractivity contribution in [1.82, 2.24) is 0 Å². The van der Waals surface area contributed by atoms with Gasteiger partial charge in [-0.3, -0.25) is 19.2 Å². The van der Waals surface area contributed by atoms with E-state index in [9.17, 15) is 19.2 Å². The van der Waals surface area contributed by atoms with Crippen molar-refractivity contribution in [3.8, 4) is 0 Å². The molecule has 0 radical (unpaired) electrons. The van der Waals surface area contributed by atoms with Crippen molar-refractivity contribution < 1.29 is 36.9 Å². The average Bonchev–Trinajstić information content (AvgIpc) is 3.45. The van der Waals surface area contributed by atoms with Crippen molar-refractivity contribution in [2.45, 2.75) is 75.8 Å². The summed E-state index contributed by atoms with van der Waals surface area (Å²) >= 11 is 0. The molecule has 43 heavy (non-hydrogen) atoms. The molecule has 0 N–H and O–H groups in total. The molecule has 11 heteroatoms. The van der Waals surface area contributed by atoms with Crippen LogP contribution in [0.2, 0.25) is 37.3 Å². The van der Waals surface area contributed by atoms with Crippen LogP contribution in [-0.2, 0) is 36.9 Å². The highest BCUT2D eigenvalue weighted by Crippen LogP contribution is 2.49. The molecule has 4 aliphatic rings. The third-order valence-corrected chi connectivity index (χ3v) is 24.1. The predicted molar refractivity (Wildman–Crippen MR) is 166 cm³/mol. The molecule has 2 heterocycles. The lowest BCUT2D eigenvalue weighted by atomic mass is 9.81. The Labute approximate surface area is 256 Å². The van der Waals surface area contributed by atoms with Crippen LogP contribution in [0, 0.1) is 23.7 Å². The van der Waals surface area contributed by atoms with Crippen LogP contribution in [-0.4, -0.2) is 49.1 Å². The van der Waals surface area contributed by atoms with Crippen LogP contribution in [0.1, 0.15) is 38.5 Å². The molecule has 0 bridgehead atoms. The van der Waals surface area contributed by atoms with Crippen LogP contribution < -0.4 is 10.4 Å². The Hall–Kier alpha value is -2.71. The fraction of sp³-hybridized carbons (Fsp3) is 0.500. The Kier molecular flexibility index (Phi) is 7.99. The van der Waals surface area contributed by atoms with Gasteiger partial charge in [-0.25, -0.2) is 0 Å². The van der Waals surface area contributed by atoms with Crippen LogP contribution in [0.4, 0.5) is 0 Å². The monoisotopic (exact) mass is 636 g/mol. The van der Waals surface area contributed by atoms with Crippen LogP contribution in [0.3, 0.4) is 0 Å². The Morgan fingerprint density at radius 2 is 0.884 bits per heavy atom. The van der Waals surface area contributed by atoms with E-state index in [1.165, 1.54) is 0 Å². The number of hydrogen-bond donors (Lipinski definition) is 0. The van der Waals surface area contributed by atoms with Crippen molar-refractivity contribution in [3.63, 3.8) is 0 Å². The van der Waals surface area contributed by atoms with Crippen molar-refractivity contribution in [3.05, 3.63) is 60.7 Å². The number of carbonyl (C=O) groups is 4. The zero-order valence-electron chi connectivity index (χ0n) is 25.2. The van der Waals surface area contributed by atoms with Gasteiger partial charge in [0.05, 0.1) is 23.7 Å². The Morgan fingerprint density at radius 3 is 1.26 bits per heavy atom. The smallest absolute Gasteiger partial charge is 0.386 e. The standard InChI is InChI=1S/C32H40O8Si3/c1-41(2,23-15-17-25-27(19-23)31(35)37-29(25)33)39-43(21-11-7-5-8-12-21,22-13-9-6-10-14-22)40-42(3,4)24-16-18-26-28(20-24)32(36)38-30(26)34/h5-14,23-28H,15-20H2,1-4H3. The summed E-state index contributed by atoms with van der Waals surface area (Å²) in [6.45, 7) is 8.88. The van der Waals surface area contributed by atoms with Crippen molar-refractivity contribution >= 4 is 59.4 Å². The van der Waals surface area contributed by atoms with E-state index in [1.54, 1.807) is 0 Å². The molecule has 228 valence electrons. The molecule has 2 aromatic carbocycles. The number of ether oxygens (including phenoxy) is 2. The fourth-order valence-electron chi connectivity index (χ4n) is 7.84. The van der Waals surface area contributed by atoms with Crippen LogP contribution in [0.15, 0.2) is 60.7 Å². The Bertz CT molecular complexity index is 1300. The van der Waals surface area contributed by atoms with Gasteiger partial charge in [-0.2, -0.15) is 0 Å². The number of esters is 4. The summed E-state index contributed by atoms with van der Waals surface area (Å²) in [4.78, 5) is 49.7. The second-order valence-electron chi connectivity index (χ2n) is 13.7. The number of fused-ring (bicyclic) bond motifs is 2. The topological polar surface area (TPSA) is 105 Å². The van der Waals surface area contributed by atoms with Gasteiger partial charge in [-0.1, -0.05) is 60.7 Å². The normalized spacial score (nSPS) is 29.6. The summed E-state index contributed by atoms with van der Waals surface area (Å²) in [7, 11) is -8.53. The van der Waals surface area contributed by atoms with E-state index in [0.29, 0.717) is 25.7 Å². The summed E-state index contributed by atoms with van der Waals surface area (Å²) < 4.78 is 25.2. The molecular formula is C32H40O8Si3. The minimum absolute atomic E-state index is 0.148. The molecule has 0 spiro atoms. The van der Waals surface area contributed by atoms with Crippen LogP contribution >= 0.6 is 0 Å². The lowest BCUT2D eigenvalue weighted by Crippen LogP contribution is -2.71. The first-order valence-corrected chi connectivity index (χ1v) is 23.2. The number of cyclic esters (lactones) is 4. The summed E-state index contributed by atoms with van der Waals surface area (Å²) in [5, 5.41) is 2.05. The minimum Gasteiger partial charge on any atom is -0.430 e. The molecule has 8 nitrogen and oxygen atoms in total. The van der Waals surface area contributed by atoms with Gasteiger partial charge in [0.1, 0.15) is 0 Å². The molecule has 6 unspecified atom stereocenters. The van der Waals surface area contributed by atoms with Gasteiger partial charge in [-0.05, 0) is 86.2 Å². The first kappa shape index (κ1) is 30.3. The molecule has 2 aliphatic carbocycles. The van der Waals surface area contributed by atoms with Gasteiger partial charge in [0, 0.05) is 0 Å². The molecule has 2 saturated heterocycles. The molecule has 2 aliphatic heterocycles. The highest BCUT2D eigenvalue weighted by Gasteiger charge is 2.58. The highest BCUT2D eigenvalue weighted by atomic mass is 28.5. The predicted octanol–water partition coefficient (Wildman–Crippen LogP) is 4.43. The SMILES string of the molecule is C[Si](C)(O[Si](O[Si](C)(C)C1CCC2C(=O)OC(=O)C2C1)(c1ccccc1)c1ccccc1)C1CCC2C(=O)OC(=O)C2C1. The number of benzene rings is 2. The second kappa shape index (κ2) is 11.3. The van der Waals surface area contributed by atoms with E-state index < -0.39 is 49.0 Å². The number of rotatable bonds is 8. The Morgan fingerprint density at radius 1 is 0.535 bits per heavy atom. The molecule has 0 aromatic heterocycles. The first-order valence-electron chi connectivity index (χ1n) is 15.4.